The quantitative estimate of drug-likeness (QED) is 0.675. The second-order valence-corrected chi connectivity index (χ2v) is 5.65. The normalized spacial score (nSPS) is 19.5. The number of nitriles is 1. The van der Waals surface area contributed by atoms with Crippen LogP contribution < -0.4 is 14.8 Å². The van der Waals surface area contributed by atoms with Gasteiger partial charge >= 0.3 is 0 Å². The first kappa shape index (κ1) is 15.7. The van der Waals surface area contributed by atoms with Gasteiger partial charge in [0.2, 0.25) is 6.79 Å². The van der Waals surface area contributed by atoms with Crippen LogP contribution in [0.5, 0.6) is 11.5 Å². The Morgan fingerprint density at radius 2 is 2.22 bits per heavy atom. The molecule has 120 valence electrons. The molecule has 3 rings (SSSR count). The molecule has 23 heavy (non-hydrogen) atoms. The van der Waals surface area contributed by atoms with Gasteiger partial charge < -0.3 is 19.5 Å². The molecule has 1 amide bonds. The molecule has 0 spiro atoms. The Hall–Kier alpha value is -2.23. The minimum absolute atomic E-state index is 0.0213. The summed E-state index contributed by atoms with van der Waals surface area (Å²) in [7, 11) is 0. The number of hydrogen-bond acceptors (Lipinski definition) is 5. The SMILES string of the molecule is N#CC(=Cc1cc2c(cc1Cl)OCO2)C(=O)NCC1CCCO1. The van der Waals surface area contributed by atoms with Gasteiger partial charge in [0.15, 0.2) is 11.5 Å². The molecule has 1 aromatic rings. The van der Waals surface area contributed by atoms with Gasteiger partial charge in [-0.25, -0.2) is 0 Å². The van der Waals surface area contributed by atoms with Crippen LogP contribution in [0, 0.1) is 11.3 Å². The number of halogens is 1. The minimum Gasteiger partial charge on any atom is -0.454 e. The summed E-state index contributed by atoms with van der Waals surface area (Å²) in [6.45, 7) is 1.24. The van der Waals surface area contributed by atoms with Crippen LogP contribution in [0.3, 0.4) is 0 Å². The van der Waals surface area contributed by atoms with Crippen LogP contribution >= 0.6 is 11.6 Å². The van der Waals surface area contributed by atoms with E-state index in [2.05, 4.69) is 5.32 Å². The molecule has 1 saturated heterocycles. The highest BCUT2D eigenvalue weighted by Crippen LogP contribution is 2.37. The average Bonchev–Trinajstić information content (AvgIpc) is 3.21. The third-order valence-corrected chi connectivity index (χ3v) is 4.00. The number of amides is 1. The lowest BCUT2D eigenvalue weighted by atomic mass is 10.1. The lowest BCUT2D eigenvalue weighted by molar-refractivity contribution is -0.117. The van der Waals surface area contributed by atoms with Crippen LogP contribution in [0.1, 0.15) is 18.4 Å². The van der Waals surface area contributed by atoms with Crippen molar-refractivity contribution in [1.82, 2.24) is 5.32 Å². The molecule has 0 radical (unpaired) electrons. The van der Waals surface area contributed by atoms with Crippen LogP contribution in [-0.4, -0.2) is 32.0 Å². The largest absolute Gasteiger partial charge is 0.454 e. The molecule has 7 heteroatoms. The molecule has 1 aromatic carbocycles. The predicted molar refractivity (Wildman–Crippen MR) is 83.1 cm³/mol. The molecule has 0 bridgehead atoms. The molecule has 6 nitrogen and oxygen atoms in total. The maximum absolute atomic E-state index is 12.1. The van der Waals surface area contributed by atoms with Crippen LogP contribution in [0.25, 0.3) is 6.08 Å². The highest BCUT2D eigenvalue weighted by Gasteiger charge is 2.19. The van der Waals surface area contributed by atoms with E-state index >= 15 is 0 Å². The van der Waals surface area contributed by atoms with Crippen LogP contribution in [0.15, 0.2) is 17.7 Å². The highest BCUT2D eigenvalue weighted by molar-refractivity contribution is 6.32. The van der Waals surface area contributed by atoms with E-state index in [0.29, 0.717) is 35.2 Å². The predicted octanol–water partition coefficient (Wildman–Crippen LogP) is 2.27. The number of hydrogen-bond donors (Lipinski definition) is 1. The zero-order chi connectivity index (χ0) is 16.2. The molecule has 1 fully saturated rings. The zero-order valence-corrected chi connectivity index (χ0v) is 13.1. The Balaban J connectivity index is 1.73. The van der Waals surface area contributed by atoms with Gasteiger partial charge in [0, 0.05) is 19.2 Å². The fourth-order valence-corrected chi connectivity index (χ4v) is 2.66. The van der Waals surface area contributed by atoms with E-state index in [9.17, 15) is 10.1 Å². The first-order valence-corrected chi connectivity index (χ1v) is 7.66. The lowest BCUT2D eigenvalue weighted by Crippen LogP contribution is -2.32. The van der Waals surface area contributed by atoms with Crippen molar-refractivity contribution in [3.05, 3.63) is 28.3 Å². The molecule has 2 heterocycles. The van der Waals surface area contributed by atoms with E-state index in [0.717, 1.165) is 12.8 Å². The average molecular weight is 335 g/mol. The first-order chi connectivity index (χ1) is 11.2. The van der Waals surface area contributed by atoms with E-state index in [-0.39, 0.29) is 18.5 Å². The third kappa shape index (κ3) is 3.58. The number of ether oxygens (including phenoxy) is 3. The lowest BCUT2D eigenvalue weighted by Gasteiger charge is -2.10. The van der Waals surface area contributed by atoms with Crippen molar-refractivity contribution >= 4 is 23.6 Å². The van der Waals surface area contributed by atoms with Gasteiger partial charge in [-0.1, -0.05) is 11.6 Å². The van der Waals surface area contributed by atoms with Gasteiger partial charge in [-0.3, -0.25) is 4.79 Å². The van der Waals surface area contributed by atoms with Crippen molar-refractivity contribution in [1.29, 1.82) is 5.26 Å². The third-order valence-electron chi connectivity index (χ3n) is 3.67. The number of nitrogens with zero attached hydrogens (tertiary/aromatic N) is 1. The van der Waals surface area contributed by atoms with Crippen molar-refractivity contribution in [2.75, 3.05) is 19.9 Å². The standard InChI is InChI=1S/C16H15ClN2O4/c17-13-6-15-14(22-9-23-15)5-10(13)4-11(7-18)16(20)19-8-12-2-1-3-21-12/h4-6,12H,1-3,8-9H2,(H,19,20). The van der Waals surface area contributed by atoms with E-state index in [1.54, 1.807) is 12.1 Å². The van der Waals surface area contributed by atoms with Crippen molar-refractivity contribution < 1.29 is 19.0 Å². The summed E-state index contributed by atoms with van der Waals surface area (Å²) in [5.41, 5.74) is 0.503. The summed E-state index contributed by atoms with van der Waals surface area (Å²) in [6.07, 6.45) is 3.37. The maximum atomic E-state index is 12.1. The molecule has 2 aliphatic rings. The van der Waals surface area contributed by atoms with Crippen LogP contribution in [-0.2, 0) is 9.53 Å². The number of rotatable bonds is 4. The molecule has 0 aliphatic carbocycles. The number of fused-ring (bicyclic) bond motifs is 1. The van der Waals surface area contributed by atoms with E-state index in [4.69, 9.17) is 25.8 Å². The number of carbonyl (C=O) groups excluding carboxylic acids is 1. The fourth-order valence-electron chi connectivity index (χ4n) is 2.45. The summed E-state index contributed by atoms with van der Waals surface area (Å²) < 4.78 is 15.9. The summed E-state index contributed by atoms with van der Waals surface area (Å²) in [5.74, 6) is 0.642. The van der Waals surface area contributed by atoms with Crippen molar-refractivity contribution in [3.8, 4) is 17.6 Å². The second-order valence-electron chi connectivity index (χ2n) is 5.24. The Labute approximate surface area is 138 Å². The Kier molecular flexibility index (Phi) is 4.70. The van der Waals surface area contributed by atoms with Gasteiger partial charge in [0.1, 0.15) is 11.6 Å². The number of carbonyl (C=O) groups is 1. The Morgan fingerprint density at radius 3 is 2.91 bits per heavy atom. The molecule has 1 atom stereocenters. The van der Waals surface area contributed by atoms with E-state index in [1.165, 1.54) is 6.08 Å². The van der Waals surface area contributed by atoms with Gasteiger partial charge in [-0.05, 0) is 30.5 Å². The van der Waals surface area contributed by atoms with Crippen molar-refractivity contribution in [2.24, 2.45) is 0 Å². The number of benzene rings is 1. The summed E-state index contributed by atoms with van der Waals surface area (Å²) >= 11 is 6.15. The van der Waals surface area contributed by atoms with Gasteiger partial charge in [0.05, 0.1) is 11.1 Å². The maximum Gasteiger partial charge on any atom is 0.262 e. The molecular formula is C16H15ClN2O4. The minimum atomic E-state index is -0.447. The topological polar surface area (TPSA) is 80.6 Å². The molecule has 1 unspecified atom stereocenters. The molecule has 1 N–H and O–H groups in total. The summed E-state index contributed by atoms with van der Waals surface area (Å²) in [5, 5.41) is 12.3. The Morgan fingerprint density at radius 1 is 1.43 bits per heavy atom. The first-order valence-electron chi connectivity index (χ1n) is 7.28. The van der Waals surface area contributed by atoms with E-state index < -0.39 is 5.91 Å². The molecule has 2 aliphatic heterocycles. The summed E-state index contributed by atoms with van der Waals surface area (Å²) in [6, 6.07) is 5.15. The summed E-state index contributed by atoms with van der Waals surface area (Å²) in [4.78, 5) is 12.1. The molecule has 0 aromatic heterocycles. The Bertz CT molecular complexity index is 690. The van der Waals surface area contributed by atoms with Gasteiger partial charge in [-0.15, -0.1) is 0 Å². The van der Waals surface area contributed by atoms with Crippen molar-refractivity contribution in [2.45, 2.75) is 18.9 Å². The molecular weight excluding hydrogens is 320 g/mol. The highest BCUT2D eigenvalue weighted by atomic mass is 35.5. The smallest absolute Gasteiger partial charge is 0.262 e. The van der Waals surface area contributed by atoms with Crippen LogP contribution in [0.2, 0.25) is 5.02 Å². The zero-order valence-electron chi connectivity index (χ0n) is 12.3. The molecule has 0 saturated carbocycles. The van der Waals surface area contributed by atoms with E-state index in [1.807, 2.05) is 6.07 Å². The van der Waals surface area contributed by atoms with Crippen molar-refractivity contribution in [3.63, 3.8) is 0 Å². The van der Waals surface area contributed by atoms with Gasteiger partial charge in [0.25, 0.3) is 5.91 Å². The number of nitrogens with one attached hydrogen (secondary N) is 1. The van der Waals surface area contributed by atoms with Crippen LogP contribution in [0.4, 0.5) is 0 Å². The second kappa shape index (κ2) is 6.90. The van der Waals surface area contributed by atoms with Gasteiger partial charge in [-0.2, -0.15) is 5.26 Å². The monoisotopic (exact) mass is 334 g/mol. The fraction of sp³-hybridized carbons (Fsp3) is 0.375.